The number of allylic oxidation sites excluding steroid dienone is 1. The summed E-state index contributed by atoms with van der Waals surface area (Å²) in [4.78, 5) is 11.5. The van der Waals surface area contributed by atoms with Gasteiger partial charge >= 0.3 is 0 Å². The van der Waals surface area contributed by atoms with Crippen molar-refractivity contribution in [2.24, 2.45) is 0 Å². The van der Waals surface area contributed by atoms with Gasteiger partial charge in [-0.1, -0.05) is 29.8 Å². The van der Waals surface area contributed by atoms with E-state index in [2.05, 4.69) is 24.0 Å². The molecule has 1 aliphatic rings. The Hall–Kier alpha value is -1.44. The molecule has 1 heterocycles. The van der Waals surface area contributed by atoms with Gasteiger partial charge in [-0.15, -0.1) is 12.6 Å². The summed E-state index contributed by atoms with van der Waals surface area (Å²) in [6.07, 6.45) is 0.219. The summed E-state index contributed by atoms with van der Waals surface area (Å²) in [6.45, 7) is 0. The summed E-state index contributed by atoms with van der Waals surface area (Å²) in [6, 6.07) is 9.30. The Balaban J connectivity index is 2.51. The Morgan fingerprint density at radius 1 is 1.47 bits per heavy atom. The van der Waals surface area contributed by atoms with E-state index in [9.17, 15) is 4.79 Å². The molecule has 2 rings (SSSR count). The van der Waals surface area contributed by atoms with Crippen LogP contribution in [0.4, 0.5) is 0 Å². The fourth-order valence-electron chi connectivity index (χ4n) is 1.86. The lowest BCUT2D eigenvalue weighted by Gasteiger charge is -2.23. The first-order valence-electron chi connectivity index (χ1n) is 5.01. The average Bonchev–Trinajstić information content (AvgIpc) is 2.28. The van der Waals surface area contributed by atoms with Crippen molar-refractivity contribution in [2.75, 3.05) is 0 Å². The predicted octanol–water partition coefficient (Wildman–Crippen LogP) is 2.61. The molecule has 17 heavy (non-hydrogen) atoms. The van der Waals surface area contributed by atoms with Crippen LogP contribution >= 0.6 is 24.2 Å². The topological polar surface area (TPSA) is 52.9 Å². The molecule has 1 aliphatic heterocycles. The van der Waals surface area contributed by atoms with Crippen LogP contribution in [0.1, 0.15) is 17.9 Å². The molecule has 0 fully saturated rings. The van der Waals surface area contributed by atoms with Crippen molar-refractivity contribution in [3.63, 3.8) is 0 Å². The smallest absolute Gasteiger partial charge is 0.225 e. The van der Waals surface area contributed by atoms with Crippen LogP contribution in [0.2, 0.25) is 5.02 Å². The van der Waals surface area contributed by atoms with Crippen LogP contribution in [0.5, 0.6) is 0 Å². The summed E-state index contributed by atoms with van der Waals surface area (Å²) >= 11 is 10.2. The van der Waals surface area contributed by atoms with Gasteiger partial charge in [-0.25, -0.2) is 0 Å². The van der Waals surface area contributed by atoms with E-state index >= 15 is 0 Å². The van der Waals surface area contributed by atoms with Gasteiger partial charge in [0, 0.05) is 17.4 Å². The van der Waals surface area contributed by atoms with E-state index in [1.165, 1.54) is 0 Å². The lowest BCUT2D eigenvalue weighted by atomic mass is 9.87. The highest BCUT2D eigenvalue weighted by Gasteiger charge is 2.29. The normalized spacial score (nSPS) is 19.8. The highest BCUT2D eigenvalue weighted by Crippen LogP contribution is 2.36. The van der Waals surface area contributed by atoms with Crippen molar-refractivity contribution in [3.8, 4) is 6.07 Å². The molecule has 0 aliphatic carbocycles. The second-order valence-corrected chi connectivity index (χ2v) is 4.55. The first-order chi connectivity index (χ1) is 8.13. The number of nitriles is 1. The zero-order valence-electron chi connectivity index (χ0n) is 8.77. The number of hydrogen-bond acceptors (Lipinski definition) is 3. The van der Waals surface area contributed by atoms with Crippen molar-refractivity contribution in [1.29, 1.82) is 5.26 Å². The Morgan fingerprint density at radius 3 is 2.82 bits per heavy atom. The Morgan fingerprint density at radius 2 is 2.18 bits per heavy atom. The van der Waals surface area contributed by atoms with E-state index in [4.69, 9.17) is 16.9 Å². The number of thiol groups is 1. The Kier molecular flexibility index (Phi) is 3.41. The molecular formula is C12H9ClN2OS. The summed E-state index contributed by atoms with van der Waals surface area (Å²) in [5, 5.41) is 12.5. The van der Waals surface area contributed by atoms with Crippen molar-refractivity contribution in [1.82, 2.24) is 5.32 Å². The van der Waals surface area contributed by atoms with E-state index in [0.717, 1.165) is 5.56 Å². The summed E-state index contributed by atoms with van der Waals surface area (Å²) in [5.74, 6) is -0.464. The maximum atomic E-state index is 11.5. The lowest BCUT2D eigenvalue weighted by molar-refractivity contribution is -0.120. The van der Waals surface area contributed by atoms with Crippen LogP contribution in [-0.2, 0) is 4.79 Å². The van der Waals surface area contributed by atoms with Gasteiger partial charge in [-0.05, 0) is 11.6 Å². The number of nitrogens with one attached hydrogen (secondary N) is 1. The third kappa shape index (κ3) is 2.31. The Labute approximate surface area is 109 Å². The van der Waals surface area contributed by atoms with Crippen molar-refractivity contribution >= 4 is 30.1 Å². The van der Waals surface area contributed by atoms with E-state index in [1.807, 2.05) is 18.2 Å². The SMILES string of the molecule is N#CC1=C(S)NC(=O)CC1c1ccccc1Cl. The van der Waals surface area contributed by atoms with Gasteiger partial charge in [0.15, 0.2) is 0 Å². The number of hydrogen-bond donors (Lipinski definition) is 2. The van der Waals surface area contributed by atoms with Crippen molar-refractivity contribution < 1.29 is 4.79 Å². The minimum absolute atomic E-state index is 0.154. The molecule has 1 N–H and O–H groups in total. The lowest BCUT2D eigenvalue weighted by Crippen LogP contribution is -2.30. The average molecular weight is 265 g/mol. The number of benzene rings is 1. The number of carbonyl (C=O) groups is 1. The fraction of sp³-hybridized carbons (Fsp3) is 0.167. The predicted molar refractivity (Wildman–Crippen MR) is 68.6 cm³/mol. The van der Waals surface area contributed by atoms with Gasteiger partial charge in [0.05, 0.1) is 16.7 Å². The van der Waals surface area contributed by atoms with Gasteiger partial charge in [0.1, 0.15) is 0 Å². The third-order valence-corrected chi connectivity index (χ3v) is 3.35. The van der Waals surface area contributed by atoms with E-state index in [1.54, 1.807) is 6.07 Å². The van der Waals surface area contributed by atoms with Crippen LogP contribution < -0.4 is 5.32 Å². The van der Waals surface area contributed by atoms with Crippen LogP contribution in [0.25, 0.3) is 0 Å². The number of amides is 1. The number of rotatable bonds is 1. The molecule has 86 valence electrons. The second kappa shape index (κ2) is 4.82. The van der Waals surface area contributed by atoms with Crippen LogP contribution in [0, 0.1) is 11.3 Å². The number of nitrogens with zero attached hydrogens (tertiary/aromatic N) is 1. The fourth-order valence-corrected chi connectivity index (χ4v) is 2.45. The molecule has 1 amide bonds. The summed E-state index contributed by atoms with van der Waals surface area (Å²) in [7, 11) is 0. The molecule has 1 unspecified atom stereocenters. The molecule has 0 saturated heterocycles. The molecule has 1 aromatic carbocycles. The minimum atomic E-state index is -0.310. The number of halogens is 1. The molecular weight excluding hydrogens is 256 g/mol. The third-order valence-electron chi connectivity index (χ3n) is 2.65. The molecule has 5 heteroatoms. The first-order valence-corrected chi connectivity index (χ1v) is 5.83. The molecule has 0 spiro atoms. The first kappa shape index (κ1) is 12.0. The second-order valence-electron chi connectivity index (χ2n) is 3.70. The highest BCUT2D eigenvalue weighted by molar-refractivity contribution is 7.84. The van der Waals surface area contributed by atoms with Gasteiger partial charge in [0.25, 0.3) is 0 Å². The zero-order chi connectivity index (χ0) is 12.4. The molecule has 0 bridgehead atoms. The van der Waals surface area contributed by atoms with E-state index in [-0.39, 0.29) is 18.2 Å². The van der Waals surface area contributed by atoms with E-state index < -0.39 is 0 Å². The molecule has 0 radical (unpaired) electrons. The zero-order valence-corrected chi connectivity index (χ0v) is 10.4. The number of carbonyl (C=O) groups excluding carboxylic acids is 1. The van der Waals surface area contributed by atoms with Crippen LogP contribution in [0.3, 0.4) is 0 Å². The van der Waals surface area contributed by atoms with Gasteiger partial charge in [0.2, 0.25) is 5.91 Å². The Bertz CT molecular complexity index is 548. The monoisotopic (exact) mass is 264 g/mol. The van der Waals surface area contributed by atoms with Gasteiger partial charge in [-0.2, -0.15) is 5.26 Å². The van der Waals surface area contributed by atoms with E-state index in [0.29, 0.717) is 15.6 Å². The molecule has 3 nitrogen and oxygen atoms in total. The van der Waals surface area contributed by atoms with Gasteiger partial charge < -0.3 is 5.32 Å². The molecule has 0 saturated carbocycles. The van der Waals surface area contributed by atoms with Crippen molar-refractivity contribution in [2.45, 2.75) is 12.3 Å². The quantitative estimate of drug-likeness (QED) is 0.766. The largest absolute Gasteiger partial charge is 0.320 e. The summed E-state index contributed by atoms with van der Waals surface area (Å²) in [5.41, 5.74) is 1.23. The summed E-state index contributed by atoms with van der Waals surface area (Å²) < 4.78 is 0. The van der Waals surface area contributed by atoms with Crippen LogP contribution in [-0.4, -0.2) is 5.91 Å². The maximum Gasteiger partial charge on any atom is 0.225 e. The molecule has 1 atom stereocenters. The molecule has 1 aromatic rings. The molecule has 0 aromatic heterocycles. The van der Waals surface area contributed by atoms with Gasteiger partial charge in [-0.3, -0.25) is 4.79 Å². The standard InChI is InChI=1S/C12H9ClN2OS/c13-10-4-2-1-3-7(10)8-5-11(16)15-12(17)9(8)6-14/h1-4,8,17H,5H2,(H,15,16). The highest BCUT2D eigenvalue weighted by atomic mass is 35.5. The maximum absolute atomic E-state index is 11.5. The van der Waals surface area contributed by atoms with Crippen molar-refractivity contribution in [3.05, 3.63) is 45.5 Å². The minimum Gasteiger partial charge on any atom is -0.320 e. The van der Waals surface area contributed by atoms with Crippen LogP contribution in [0.15, 0.2) is 34.9 Å².